The van der Waals surface area contributed by atoms with Crippen molar-refractivity contribution in [1.29, 1.82) is 0 Å². The molecule has 0 aliphatic heterocycles. The second kappa shape index (κ2) is 9.79. The molecule has 0 saturated heterocycles. The van der Waals surface area contributed by atoms with Crippen LogP contribution in [0.3, 0.4) is 0 Å². The van der Waals surface area contributed by atoms with Gasteiger partial charge in [0.05, 0.1) is 17.3 Å². The first-order valence-electron chi connectivity index (χ1n) is 11.2. The van der Waals surface area contributed by atoms with Gasteiger partial charge in [0, 0.05) is 24.7 Å². The number of likely N-dealkylation sites (N-methyl/N-ethyl adjacent to an activating group) is 1. The number of ether oxygens (including phenoxy) is 1. The van der Waals surface area contributed by atoms with Gasteiger partial charge in [-0.05, 0) is 74.2 Å². The molecule has 0 radical (unpaired) electrons. The van der Waals surface area contributed by atoms with Crippen molar-refractivity contribution in [2.45, 2.75) is 39.5 Å². The number of anilines is 1. The summed E-state index contributed by atoms with van der Waals surface area (Å²) in [5, 5.41) is 0.748. The molecule has 1 aliphatic carbocycles. The minimum Gasteiger partial charge on any atom is -0.497 e. The molecule has 1 amide bonds. The quantitative estimate of drug-likeness (QED) is 0.488. The van der Waals surface area contributed by atoms with E-state index in [0.29, 0.717) is 6.54 Å². The van der Waals surface area contributed by atoms with Crippen LogP contribution in [-0.2, 0) is 12.8 Å². The molecule has 5 nitrogen and oxygen atoms in total. The second-order valence-corrected chi connectivity index (χ2v) is 9.01. The maximum atomic E-state index is 13.7. The molecule has 4 rings (SSSR count). The van der Waals surface area contributed by atoms with Crippen LogP contribution in [0.1, 0.15) is 48.2 Å². The van der Waals surface area contributed by atoms with Crippen LogP contribution in [0.5, 0.6) is 5.75 Å². The van der Waals surface area contributed by atoms with Crippen LogP contribution in [0.4, 0.5) is 5.13 Å². The monoisotopic (exact) mass is 437 g/mol. The number of aryl methyl sites for hydroxylation is 2. The average molecular weight is 438 g/mol. The number of benzene rings is 2. The van der Waals surface area contributed by atoms with E-state index >= 15 is 0 Å². The third kappa shape index (κ3) is 4.75. The first-order chi connectivity index (χ1) is 15.1. The van der Waals surface area contributed by atoms with E-state index < -0.39 is 0 Å². The minimum absolute atomic E-state index is 0.0338. The number of fused-ring (bicyclic) bond motifs is 2. The van der Waals surface area contributed by atoms with Gasteiger partial charge in [-0.15, -0.1) is 0 Å². The summed E-state index contributed by atoms with van der Waals surface area (Å²) in [5.74, 6) is 0.812. The molecule has 1 heterocycles. The molecule has 6 heteroatoms. The Morgan fingerprint density at radius 1 is 1.03 bits per heavy atom. The number of rotatable bonds is 8. The number of hydrogen-bond acceptors (Lipinski definition) is 5. The van der Waals surface area contributed by atoms with Crippen molar-refractivity contribution >= 4 is 32.6 Å². The fourth-order valence-electron chi connectivity index (χ4n) is 4.23. The molecule has 1 aromatic heterocycles. The van der Waals surface area contributed by atoms with E-state index in [0.717, 1.165) is 59.1 Å². The number of amides is 1. The molecule has 0 unspecified atom stereocenters. The number of nitrogens with zero attached hydrogens (tertiary/aromatic N) is 3. The second-order valence-electron chi connectivity index (χ2n) is 8.00. The molecule has 164 valence electrons. The average Bonchev–Trinajstić information content (AvgIpc) is 3.24. The lowest BCUT2D eigenvalue weighted by molar-refractivity contribution is 0.0983. The first-order valence-corrected chi connectivity index (χ1v) is 12.0. The molecule has 31 heavy (non-hydrogen) atoms. The summed E-state index contributed by atoms with van der Waals surface area (Å²) >= 11 is 1.56. The van der Waals surface area contributed by atoms with E-state index in [1.165, 1.54) is 24.0 Å². The van der Waals surface area contributed by atoms with E-state index in [-0.39, 0.29) is 5.91 Å². The third-order valence-corrected chi connectivity index (χ3v) is 7.25. The minimum atomic E-state index is 0.0338. The van der Waals surface area contributed by atoms with Gasteiger partial charge in [0.25, 0.3) is 5.91 Å². The Morgan fingerprint density at radius 3 is 2.55 bits per heavy atom. The summed E-state index contributed by atoms with van der Waals surface area (Å²) in [7, 11) is 1.66. The van der Waals surface area contributed by atoms with Crippen molar-refractivity contribution in [3.8, 4) is 5.75 Å². The van der Waals surface area contributed by atoms with E-state index in [4.69, 9.17) is 9.72 Å². The van der Waals surface area contributed by atoms with Gasteiger partial charge in [0.15, 0.2) is 5.13 Å². The van der Waals surface area contributed by atoms with Crippen molar-refractivity contribution in [2.75, 3.05) is 38.2 Å². The molecule has 3 aromatic rings. The molecule has 0 N–H and O–H groups in total. The van der Waals surface area contributed by atoms with Gasteiger partial charge in [-0.3, -0.25) is 9.69 Å². The SMILES string of the molecule is CCN(CC)CCN(C(=O)c1ccc2c(c1)CCCC2)c1nc2cc(OC)ccc2s1. The normalized spacial score (nSPS) is 13.4. The largest absolute Gasteiger partial charge is 0.497 e. The Bertz CT molecular complexity index is 1060. The number of carbonyl (C=O) groups is 1. The molecule has 0 saturated carbocycles. The zero-order valence-electron chi connectivity index (χ0n) is 18.7. The number of thiazole rings is 1. The fourth-order valence-corrected chi connectivity index (χ4v) is 5.20. The van der Waals surface area contributed by atoms with Crippen LogP contribution in [0.25, 0.3) is 10.2 Å². The van der Waals surface area contributed by atoms with Crippen LogP contribution >= 0.6 is 11.3 Å². The summed E-state index contributed by atoms with van der Waals surface area (Å²) in [5.41, 5.74) is 4.35. The topological polar surface area (TPSA) is 45.7 Å². The van der Waals surface area contributed by atoms with E-state index in [1.54, 1.807) is 18.4 Å². The lowest BCUT2D eigenvalue weighted by atomic mass is 9.90. The Morgan fingerprint density at radius 2 is 1.81 bits per heavy atom. The van der Waals surface area contributed by atoms with Crippen molar-refractivity contribution in [3.05, 3.63) is 53.1 Å². The third-order valence-electron chi connectivity index (χ3n) is 6.19. The zero-order chi connectivity index (χ0) is 21.8. The van der Waals surface area contributed by atoms with Gasteiger partial charge >= 0.3 is 0 Å². The molecule has 0 atom stereocenters. The predicted molar refractivity (Wildman–Crippen MR) is 129 cm³/mol. The summed E-state index contributed by atoms with van der Waals surface area (Å²) in [6.07, 6.45) is 4.63. The van der Waals surface area contributed by atoms with E-state index in [1.807, 2.05) is 29.2 Å². The lowest BCUT2D eigenvalue weighted by Gasteiger charge is -2.25. The van der Waals surface area contributed by atoms with E-state index in [2.05, 4.69) is 30.9 Å². The van der Waals surface area contributed by atoms with Crippen LogP contribution in [0.15, 0.2) is 36.4 Å². The Balaban J connectivity index is 1.67. The number of hydrogen-bond donors (Lipinski definition) is 0. The van der Waals surface area contributed by atoms with Crippen molar-refractivity contribution in [3.63, 3.8) is 0 Å². The van der Waals surface area contributed by atoms with Gasteiger partial charge in [-0.1, -0.05) is 31.3 Å². The molecular weight excluding hydrogens is 406 g/mol. The highest BCUT2D eigenvalue weighted by molar-refractivity contribution is 7.22. The number of carbonyl (C=O) groups excluding carboxylic acids is 1. The van der Waals surface area contributed by atoms with Crippen LogP contribution in [-0.4, -0.2) is 49.1 Å². The van der Waals surface area contributed by atoms with Gasteiger partial charge in [-0.2, -0.15) is 0 Å². The summed E-state index contributed by atoms with van der Waals surface area (Å²) in [6, 6.07) is 12.1. The van der Waals surface area contributed by atoms with Crippen molar-refractivity contribution < 1.29 is 9.53 Å². The molecular formula is C25H31N3O2S. The van der Waals surface area contributed by atoms with Gasteiger partial charge < -0.3 is 9.64 Å². The Labute approximate surface area is 188 Å². The van der Waals surface area contributed by atoms with Gasteiger partial charge in [-0.25, -0.2) is 4.98 Å². The molecule has 2 aromatic carbocycles. The van der Waals surface area contributed by atoms with Crippen molar-refractivity contribution in [1.82, 2.24) is 9.88 Å². The highest BCUT2D eigenvalue weighted by Crippen LogP contribution is 2.32. The standard InChI is InChI=1S/C25H31N3O2S/c1-4-27(5-2)14-15-28(25-26-22-17-21(30-3)12-13-23(22)31-25)24(29)20-11-10-18-8-6-7-9-19(18)16-20/h10-13,16-17H,4-9,14-15H2,1-3H3. The van der Waals surface area contributed by atoms with Crippen molar-refractivity contribution in [2.24, 2.45) is 0 Å². The van der Waals surface area contributed by atoms with E-state index in [9.17, 15) is 4.79 Å². The smallest absolute Gasteiger partial charge is 0.260 e. The highest BCUT2D eigenvalue weighted by Gasteiger charge is 2.23. The maximum Gasteiger partial charge on any atom is 0.260 e. The zero-order valence-corrected chi connectivity index (χ0v) is 19.5. The number of aromatic nitrogens is 1. The summed E-state index contributed by atoms with van der Waals surface area (Å²) in [4.78, 5) is 22.7. The van der Waals surface area contributed by atoms with Gasteiger partial charge in [0.2, 0.25) is 0 Å². The number of methoxy groups -OCH3 is 1. The van der Waals surface area contributed by atoms with Crippen LogP contribution in [0.2, 0.25) is 0 Å². The van der Waals surface area contributed by atoms with Gasteiger partial charge in [0.1, 0.15) is 5.75 Å². The summed E-state index contributed by atoms with van der Waals surface area (Å²) < 4.78 is 6.40. The maximum absolute atomic E-state index is 13.7. The van der Waals surface area contributed by atoms with Crippen LogP contribution < -0.4 is 9.64 Å². The molecule has 1 aliphatic rings. The Hall–Kier alpha value is -2.44. The predicted octanol–water partition coefficient (Wildman–Crippen LogP) is 5.17. The fraction of sp³-hybridized carbons (Fsp3) is 0.440. The Kier molecular flexibility index (Phi) is 6.88. The molecule has 0 fully saturated rings. The molecule has 0 bridgehead atoms. The lowest BCUT2D eigenvalue weighted by Crippen LogP contribution is -2.39. The van der Waals surface area contributed by atoms with Crippen LogP contribution in [0, 0.1) is 0 Å². The highest BCUT2D eigenvalue weighted by atomic mass is 32.1. The first kappa shape index (κ1) is 21.8. The summed E-state index contributed by atoms with van der Waals surface area (Å²) in [6.45, 7) is 7.69. The molecule has 0 spiro atoms.